The molecule has 1 aromatic carbocycles. The van der Waals surface area contributed by atoms with Gasteiger partial charge in [0.05, 0.1) is 5.75 Å². The fraction of sp³-hybridized carbons (Fsp3) is 0.333. The standard InChI is InChI=1S/C15H18ClN5OS/c1-3-17-13-19-14(18-4-2)21-15(20-13)23-9-12(22)10-5-7-11(16)8-6-10/h5-8H,3-4,9H2,1-2H3,(H2,17,18,19,20,21). The second-order valence-electron chi connectivity index (χ2n) is 4.54. The number of ketones is 1. The van der Waals surface area contributed by atoms with E-state index in [1.165, 1.54) is 11.8 Å². The van der Waals surface area contributed by atoms with Crippen LogP contribution in [0.25, 0.3) is 0 Å². The fourth-order valence-corrected chi connectivity index (χ4v) is 2.60. The van der Waals surface area contributed by atoms with E-state index in [1.807, 2.05) is 13.8 Å². The first kappa shape index (κ1) is 17.5. The highest BCUT2D eigenvalue weighted by molar-refractivity contribution is 7.99. The lowest BCUT2D eigenvalue weighted by atomic mass is 10.1. The smallest absolute Gasteiger partial charge is 0.228 e. The minimum atomic E-state index is 0.00193. The van der Waals surface area contributed by atoms with E-state index in [4.69, 9.17) is 11.6 Å². The Bertz CT molecular complexity index is 641. The number of thioether (sulfide) groups is 1. The highest BCUT2D eigenvalue weighted by Gasteiger charge is 2.10. The molecule has 8 heteroatoms. The summed E-state index contributed by atoms with van der Waals surface area (Å²) in [5, 5.41) is 7.23. The van der Waals surface area contributed by atoms with Crippen LogP contribution in [0.4, 0.5) is 11.9 Å². The van der Waals surface area contributed by atoms with Gasteiger partial charge in [-0.25, -0.2) is 0 Å². The Morgan fingerprint density at radius 2 is 1.61 bits per heavy atom. The third-order valence-corrected chi connectivity index (χ3v) is 3.88. The second-order valence-corrected chi connectivity index (χ2v) is 5.92. The third kappa shape index (κ3) is 5.37. The van der Waals surface area contributed by atoms with Gasteiger partial charge in [0, 0.05) is 23.7 Å². The number of hydrogen-bond acceptors (Lipinski definition) is 7. The van der Waals surface area contributed by atoms with Crippen molar-refractivity contribution >= 4 is 41.0 Å². The first-order chi connectivity index (χ1) is 11.1. The summed E-state index contributed by atoms with van der Waals surface area (Å²) < 4.78 is 0. The van der Waals surface area contributed by atoms with Crippen LogP contribution >= 0.6 is 23.4 Å². The maximum atomic E-state index is 12.2. The Morgan fingerprint density at radius 1 is 1.04 bits per heavy atom. The Kier molecular flexibility index (Phi) is 6.61. The van der Waals surface area contributed by atoms with E-state index >= 15 is 0 Å². The quantitative estimate of drug-likeness (QED) is 0.557. The molecule has 122 valence electrons. The lowest BCUT2D eigenvalue weighted by Gasteiger charge is -2.08. The number of rotatable bonds is 8. The van der Waals surface area contributed by atoms with Gasteiger partial charge in [0.25, 0.3) is 0 Å². The van der Waals surface area contributed by atoms with Crippen LogP contribution in [-0.2, 0) is 0 Å². The topological polar surface area (TPSA) is 79.8 Å². The summed E-state index contributed by atoms with van der Waals surface area (Å²) >= 11 is 7.11. The molecule has 0 bridgehead atoms. The number of Topliss-reactive ketones (excluding diaryl/α,β-unsaturated/α-hetero) is 1. The SMILES string of the molecule is CCNc1nc(NCC)nc(SCC(=O)c2ccc(Cl)cc2)n1. The van der Waals surface area contributed by atoms with Crippen molar-refractivity contribution in [3.63, 3.8) is 0 Å². The Balaban J connectivity index is 2.06. The molecule has 0 aliphatic rings. The largest absolute Gasteiger partial charge is 0.354 e. The second kappa shape index (κ2) is 8.69. The van der Waals surface area contributed by atoms with Crippen molar-refractivity contribution in [1.29, 1.82) is 0 Å². The van der Waals surface area contributed by atoms with Crippen LogP contribution in [0.15, 0.2) is 29.4 Å². The van der Waals surface area contributed by atoms with Crippen molar-refractivity contribution in [2.75, 3.05) is 29.5 Å². The van der Waals surface area contributed by atoms with Gasteiger partial charge in [-0.15, -0.1) is 0 Å². The van der Waals surface area contributed by atoms with Crippen LogP contribution in [0.5, 0.6) is 0 Å². The van der Waals surface area contributed by atoms with Gasteiger partial charge in [0.2, 0.25) is 11.9 Å². The van der Waals surface area contributed by atoms with Gasteiger partial charge in [-0.1, -0.05) is 23.4 Å². The highest BCUT2D eigenvalue weighted by Crippen LogP contribution is 2.19. The molecule has 2 N–H and O–H groups in total. The van der Waals surface area contributed by atoms with Gasteiger partial charge in [0.1, 0.15) is 0 Å². The zero-order chi connectivity index (χ0) is 16.7. The molecule has 0 aliphatic heterocycles. The number of hydrogen-bond donors (Lipinski definition) is 2. The number of nitrogens with one attached hydrogen (secondary N) is 2. The summed E-state index contributed by atoms with van der Waals surface area (Å²) in [7, 11) is 0. The minimum absolute atomic E-state index is 0.00193. The molecule has 0 amide bonds. The Hall–Kier alpha value is -1.86. The van der Waals surface area contributed by atoms with Gasteiger partial charge >= 0.3 is 0 Å². The summed E-state index contributed by atoms with van der Waals surface area (Å²) in [5.41, 5.74) is 0.620. The van der Waals surface area contributed by atoms with Crippen LogP contribution in [-0.4, -0.2) is 39.6 Å². The summed E-state index contributed by atoms with van der Waals surface area (Å²) in [6.45, 7) is 5.36. The van der Waals surface area contributed by atoms with Crippen molar-refractivity contribution in [1.82, 2.24) is 15.0 Å². The van der Waals surface area contributed by atoms with Gasteiger partial charge < -0.3 is 10.6 Å². The van der Waals surface area contributed by atoms with Crippen molar-refractivity contribution < 1.29 is 4.79 Å². The lowest BCUT2D eigenvalue weighted by molar-refractivity contribution is 0.102. The van der Waals surface area contributed by atoms with Crippen LogP contribution in [0.2, 0.25) is 5.02 Å². The van der Waals surface area contributed by atoms with E-state index in [0.29, 0.717) is 40.7 Å². The lowest BCUT2D eigenvalue weighted by Crippen LogP contribution is -2.10. The monoisotopic (exact) mass is 351 g/mol. The summed E-state index contributed by atoms with van der Waals surface area (Å²) in [6.07, 6.45) is 0. The fourth-order valence-electron chi connectivity index (χ4n) is 1.74. The first-order valence-electron chi connectivity index (χ1n) is 7.27. The first-order valence-corrected chi connectivity index (χ1v) is 8.64. The predicted octanol–water partition coefficient (Wildman–Crippen LogP) is 3.36. The molecule has 23 heavy (non-hydrogen) atoms. The summed E-state index contributed by atoms with van der Waals surface area (Å²) in [4.78, 5) is 25.0. The molecular weight excluding hydrogens is 334 g/mol. The van der Waals surface area contributed by atoms with Crippen molar-refractivity contribution in [3.05, 3.63) is 34.9 Å². The molecule has 0 fully saturated rings. The molecule has 0 unspecified atom stereocenters. The molecule has 0 radical (unpaired) electrons. The van der Waals surface area contributed by atoms with E-state index in [9.17, 15) is 4.79 Å². The molecule has 1 heterocycles. The molecule has 2 rings (SSSR count). The number of benzene rings is 1. The molecular formula is C15H18ClN5OS. The molecule has 1 aromatic heterocycles. The molecule has 0 spiro atoms. The number of carbonyl (C=O) groups excluding carboxylic acids is 1. The number of anilines is 2. The normalized spacial score (nSPS) is 10.4. The molecule has 0 saturated carbocycles. The van der Waals surface area contributed by atoms with Crippen molar-refractivity contribution in [2.45, 2.75) is 19.0 Å². The highest BCUT2D eigenvalue weighted by atomic mass is 35.5. The van der Waals surface area contributed by atoms with Gasteiger partial charge in [-0.05, 0) is 38.1 Å². The Morgan fingerprint density at radius 3 is 2.13 bits per heavy atom. The number of nitrogens with zero attached hydrogens (tertiary/aromatic N) is 3. The third-order valence-electron chi connectivity index (χ3n) is 2.78. The zero-order valence-corrected chi connectivity index (χ0v) is 14.5. The molecule has 0 aliphatic carbocycles. The van der Waals surface area contributed by atoms with E-state index in [1.54, 1.807) is 24.3 Å². The molecule has 2 aromatic rings. The van der Waals surface area contributed by atoms with Crippen LogP contribution in [0.1, 0.15) is 24.2 Å². The zero-order valence-electron chi connectivity index (χ0n) is 13.0. The summed E-state index contributed by atoms with van der Waals surface area (Å²) in [5.74, 6) is 1.25. The number of carbonyl (C=O) groups is 1. The minimum Gasteiger partial charge on any atom is -0.354 e. The van der Waals surface area contributed by atoms with Gasteiger partial charge in [-0.2, -0.15) is 15.0 Å². The van der Waals surface area contributed by atoms with Crippen molar-refractivity contribution in [3.8, 4) is 0 Å². The van der Waals surface area contributed by atoms with Crippen LogP contribution in [0.3, 0.4) is 0 Å². The molecule has 0 atom stereocenters. The van der Waals surface area contributed by atoms with E-state index in [-0.39, 0.29) is 11.5 Å². The van der Waals surface area contributed by atoms with Gasteiger partial charge in [-0.3, -0.25) is 4.79 Å². The van der Waals surface area contributed by atoms with Crippen molar-refractivity contribution in [2.24, 2.45) is 0 Å². The molecule has 6 nitrogen and oxygen atoms in total. The Labute approximate surface area is 144 Å². The molecule has 0 saturated heterocycles. The van der Waals surface area contributed by atoms with E-state index < -0.39 is 0 Å². The average molecular weight is 352 g/mol. The van der Waals surface area contributed by atoms with Crippen LogP contribution < -0.4 is 10.6 Å². The summed E-state index contributed by atoms with van der Waals surface area (Å²) in [6, 6.07) is 6.84. The maximum Gasteiger partial charge on any atom is 0.228 e. The van der Waals surface area contributed by atoms with Crippen LogP contribution in [0, 0.1) is 0 Å². The average Bonchev–Trinajstić information content (AvgIpc) is 2.54. The van der Waals surface area contributed by atoms with E-state index in [2.05, 4.69) is 25.6 Å². The van der Waals surface area contributed by atoms with Gasteiger partial charge in [0.15, 0.2) is 10.9 Å². The number of halogens is 1. The predicted molar refractivity (Wildman–Crippen MR) is 94.7 cm³/mol. The number of aromatic nitrogens is 3. The van der Waals surface area contributed by atoms with E-state index in [0.717, 1.165) is 0 Å². The maximum absolute atomic E-state index is 12.2.